The van der Waals surface area contributed by atoms with Crippen molar-refractivity contribution in [1.29, 1.82) is 0 Å². The van der Waals surface area contributed by atoms with E-state index in [4.69, 9.17) is 0 Å². The van der Waals surface area contributed by atoms with Gasteiger partial charge in [-0.1, -0.05) is 19.1 Å². The van der Waals surface area contributed by atoms with E-state index in [0.29, 0.717) is 23.0 Å². The van der Waals surface area contributed by atoms with Gasteiger partial charge >= 0.3 is 0 Å². The summed E-state index contributed by atoms with van der Waals surface area (Å²) in [5.41, 5.74) is 4.58. The molecule has 5 unspecified atom stereocenters. The molecule has 1 heteroatoms. The Morgan fingerprint density at radius 2 is 2.05 bits per heavy atom. The molecule has 1 nitrogen and oxygen atoms in total. The van der Waals surface area contributed by atoms with Crippen LogP contribution in [0, 0.1) is 30.1 Å². The summed E-state index contributed by atoms with van der Waals surface area (Å²) in [6, 6.07) is 4.01. The number of fused-ring (bicyclic) bond motifs is 5. The average Bonchev–Trinajstić information content (AvgIpc) is 2.87. The lowest BCUT2D eigenvalue weighted by Crippen LogP contribution is -2.42. The third kappa shape index (κ3) is 1.77. The molecule has 5 atom stereocenters. The topological polar surface area (TPSA) is 20.2 Å². The molecule has 0 spiro atoms. The molecule has 4 rings (SSSR count). The third-order valence-electron chi connectivity index (χ3n) is 7.46. The summed E-state index contributed by atoms with van der Waals surface area (Å²) in [5.74, 6) is 3.43. The SMILES string of the molecule is C=CC1CCC2C3CCc4c(C)ccc(O)c4C3CCC12C. The van der Waals surface area contributed by atoms with Crippen LogP contribution in [0.1, 0.15) is 61.6 Å². The summed E-state index contributed by atoms with van der Waals surface area (Å²) >= 11 is 0. The molecule has 2 saturated carbocycles. The number of aromatic hydroxyl groups is 1. The Hall–Kier alpha value is -1.24. The molecule has 0 amide bonds. The van der Waals surface area contributed by atoms with Gasteiger partial charge in [-0.3, -0.25) is 0 Å². The maximum Gasteiger partial charge on any atom is 0.119 e. The second kappa shape index (κ2) is 4.88. The van der Waals surface area contributed by atoms with E-state index in [1.807, 2.05) is 6.07 Å². The van der Waals surface area contributed by atoms with Gasteiger partial charge in [0.15, 0.2) is 0 Å². The van der Waals surface area contributed by atoms with Crippen LogP contribution < -0.4 is 0 Å². The fourth-order valence-corrected chi connectivity index (χ4v) is 6.29. The number of rotatable bonds is 1. The number of allylic oxidation sites excluding steroid dienone is 1. The van der Waals surface area contributed by atoms with Gasteiger partial charge in [0.1, 0.15) is 5.75 Å². The van der Waals surface area contributed by atoms with Crippen LogP contribution >= 0.6 is 0 Å². The number of hydrogen-bond donors (Lipinski definition) is 1. The molecule has 1 aromatic rings. The van der Waals surface area contributed by atoms with Gasteiger partial charge in [-0.05, 0) is 91.7 Å². The van der Waals surface area contributed by atoms with E-state index >= 15 is 0 Å². The van der Waals surface area contributed by atoms with Crippen LogP contribution in [-0.2, 0) is 6.42 Å². The van der Waals surface area contributed by atoms with Crippen LogP contribution in [0.2, 0.25) is 0 Å². The Morgan fingerprint density at radius 1 is 1.23 bits per heavy atom. The molecule has 0 heterocycles. The summed E-state index contributed by atoms with van der Waals surface area (Å²) in [6.07, 6.45) is 9.90. The van der Waals surface area contributed by atoms with E-state index in [0.717, 1.165) is 18.3 Å². The van der Waals surface area contributed by atoms with Gasteiger partial charge in [0, 0.05) is 5.56 Å². The summed E-state index contributed by atoms with van der Waals surface area (Å²) in [5, 5.41) is 10.5. The van der Waals surface area contributed by atoms with Crippen molar-refractivity contribution in [2.45, 2.75) is 58.3 Å². The average molecular weight is 296 g/mol. The lowest BCUT2D eigenvalue weighted by molar-refractivity contribution is 0.0402. The van der Waals surface area contributed by atoms with Gasteiger partial charge in [0.05, 0.1) is 0 Å². The number of phenols is 1. The Morgan fingerprint density at radius 3 is 2.82 bits per heavy atom. The van der Waals surface area contributed by atoms with Gasteiger partial charge in [0.2, 0.25) is 0 Å². The van der Waals surface area contributed by atoms with Crippen LogP contribution in [0.5, 0.6) is 5.75 Å². The van der Waals surface area contributed by atoms with E-state index in [1.165, 1.54) is 48.8 Å². The van der Waals surface area contributed by atoms with E-state index < -0.39 is 0 Å². The van der Waals surface area contributed by atoms with Crippen LogP contribution in [0.3, 0.4) is 0 Å². The van der Waals surface area contributed by atoms with Crippen LogP contribution in [0.4, 0.5) is 0 Å². The molecule has 3 aliphatic rings. The van der Waals surface area contributed by atoms with Gasteiger partial charge in [0.25, 0.3) is 0 Å². The Bertz CT molecular complexity index is 617. The molecule has 0 aliphatic heterocycles. The van der Waals surface area contributed by atoms with Crippen molar-refractivity contribution in [2.24, 2.45) is 23.2 Å². The highest BCUT2D eigenvalue weighted by Crippen LogP contribution is 2.63. The molecule has 22 heavy (non-hydrogen) atoms. The van der Waals surface area contributed by atoms with Crippen LogP contribution in [-0.4, -0.2) is 5.11 Å². The quantitative estimate of drug-likeness (QED) is 0.692. The molecular weight excluding hydrogens is 268 g/mol. The maximum absolute atomic E-state index is 10.5. The first kappa shape index (κ1) is 14.4. The Labute approximate surface area is 134 Å². The van der Waals surface area contributed by atoms with Gasteiger partial charge in [-0.15, -0.1) is 6.58 Å². The number of phenolic OH excluding ortho intramolecular Hbond substituents is 1. The van der Waals surface area contributed by atoms with Crippen molar-refractivity contribution in [3.63, 3.8) is 0 Å². The lowest BCUT2D eigenvalue weighted by Gasteiger charge is -2.51. The number of aryl methyl sites for hydroxylation is 1. The molecule has 2 fully saturated rings. The Kier molecular flexibility index (Phi) is 3.18. The predicted octanol–water partition coefficient (Wildman–Crippen LogP) is 5.36. The zero-order valence-corrected chi connectivity index (χ0v) is 13.9. The fourth-order valence-electron chi connectivity index (χ4n) is 6.29. The second-order valence-corrected chi connectivity index (χ2v) is 8.17. The summed E-state index contributed by atoms with van der Waals surface area (Å²) < 4.78 is 0. The smallest absolute Gasteiger partial charge is 0.119 e. The molecule has 0 bridgehead atoms. The van der Waals surface area contributed by atoms with E-state index in [2.05, 4.69) is 32.6 Å². The monoisotopic (exact) mass is 296 g/mol. The highest BCUT2D eigenvalue weighted by molar-refractivity contribution is 5.48. The Balaban J connectivity index is 1.75. The van der Waals surface area contributed by atoms with Gasteiger partial charge in [-0.25, -0.2) is 0 Å². The van der Waals surface area contributed by atoms with Crippen LogP contribution in [0.15, 0.2) is 24.8 Å². The van der Waals surface area contributed by atoms with Crippen LogP contribution in [0.25, 0.3) is 0 Å². The summed E-state index contributed by atoms with van der Waals surface area (Å²) in [6.45, 7) is 8.82. The van der Waals surface area contributed by atoms with Crippen molar-refractivity contribution in [3.8, 4) is 5.75 Å². The van der Waals surface area contributed by atoms with E-state index in [9.17, 15) is 5.11 Å². The van der Waals surface area contributed by atoms with Crippen molar-refractivity contribution < 1.29 is 5.11 Å². The number of benzene rings is 1. The first-order chi connectivity index (χ1) is 10.6. The largest absolute Gasteiger partial charge is 0.508 e. The molecule has 1 aromatic carbocycles. The third-order valence-corrected chi connectivity index (χ3v) is 7.46. The molecule has 1 N–H and O–H groups in total. The normalized spacial score (nSPS) is 39.7. The highest BCUT2D eigenvalue weighted by Gasteiger charge is 2.54. The van der Waals surface area contributed by atoms with Crippen molar-refractivity contribution in [3.05, 3.63) is 41.5 Å². The predicted molar refractivity (Wildman–Crippen MR) is 91.1 cm³/mol. The van der Waals surface area contributed by atoms with E-state index in [1.54, 1.807) is 0 Å². The minimum Gasteiger partial charge on any atom is -0.508 e. The minimum atomic E-state index is 0.458. The highest BCUT2D eigenvalue weighted by atomic mass is 16.3. The van der Waals surface area contributed by atoms with Gasteiger partial charge in [-0.2, -0.15) is 0 Å². The van der Waals surface area contributed by atoms with Crippen molar-refractivity contribution >= 4 is 0 Å². The zero-order chi connectivity index (χ0) is 15.5. The first-order valence-electron chi connectivity index (χ1n) is 9.00. The molecule has 3 aliphatic carbocycles. The number of hydrogen-bond acceptors (Lipinski definition) is 1. The zero-order valence-electron chi connectivity index (χ0n) is 13.9. The van der Waals surface area contributed by atoms with Crippen molar-refractivity contribution in [1.82, 2.24) is 0 Å². The second-order valence-electron chi connectivity index (χ2n) is 8.17. The first-order valence-corrected chi connectivity index (χ1v) is 9.00. The lowest BCUT2D eigenvalue weighted by atomic mass is 9.54. The molecule has 0 aromatic heterocycles. The molecule has 0 saturated heterocycles. The fraction of sp³-hybridized carbons (Fsp3) is 0.619. The molecular formula is C21H28O. The molecule has 0 radical (unpaired) electrons. The maximum atomic E-state index is 10.5. The van der Waals surface area contributed by atoms with Gasteiger partial charge < -0.3 is 5.11 Å². The summed E-state index contributed by atoms with van der Waals surface area (Å²) in [4.78, 5) is 0. The molecule has 118 valence electrons. The minimum absolute atomic E-state index is 0.458. The summed E-state index contributed by atoms with van der Waals surface area (Å²) in [7, 11) is 0. The van der Waals surface area contributed by atoms with Crippen molar-refractivity contribution in [2.75, 3.05) is 0 Å². The standard InChI is InChI=1S/C21H28O/c1-4-14-6-9-18-16-8-7-15-13(2)5-10-19(22)20(15)17(16)11-12-21(14,18)3/h4-5,10,14,16-18,22H,1,6-9,11-12H2,2-3H3. The van der Waals surface area contributed by atoms with E-state index in [-0.39, 0.29) is 0 Å².